The molecule has 3 aromatic heterocycles. The lowest BCUT2D eigenvalue weighted by Crippen LogP contribution is -2.27. The van der Waals surface area contributed by atoms with Crippen LogP contribution in [0, 0.1) is 0 Å². The van der Waals surface area contributed by atoms with E-state index in [9.17, 15) is 4.79 Å². The third kappa shape index (κ3) is 3.82. The molecule has 0 saturated heterocycles. The molecule has 0 unspecified atom stereocenters. The number of nitrogens with two attached hydrogens (primary N) is 1. The van der Waals surface area contributed by atoms with Gasteiger partial charge in [0, 0.05) is 46.2 Å². The highest BCUT2D eigenvalue weighted by Crippen LogP contribution is 2.38. The van der Waals surface area contributed by atoms with E-state index in [1.165, 1.54) is 6.33 Å². The highest BCUT2D eigenvalue weighted by Gasteiger charge is 2.32. The van der Waals surface area contributed by atoms with E-state index in [0.29, 0.717) is 22.4 Å². The van der Waals surface area contributed by atoms with Gasteiger partial charge in [0.2, 0.25) is 0 Å². The molecule has 0 spiro atoms. The highest BCUT2D eigenvalue weighted by atomic mass is 35.5. The third-order valence-corrected chi connectivity index (χ3v) is 6.91. The molecule has 35 heavy (non-hydrogen) atoms. The summed E-state index contributed by atoms with van der Waals surface area (Å²) in [6, 6.07) is 12.5. The van der Waals surface area contributed by atoms with Gasteiger partial charge in [-0.3, -0.25) is 4.79 Å². The lowest BCUT2D eigenvalue weighted by atomic mass is 10.00. The van der Waals surface area contributed by atoms with Gasteiger partial charge in [-0.1, -0.05) is 23.2 Å². The Bertz CT molecular complexity index is 1570. The summed E-state index contributed by atoms with van der Waals surface area (Å²) >= 11 is 12.8. The molecule has 0 saturated carbocycles. The highest BCUT2D eigenvalue weighted by molar-refractivity contribution is 6.35. The molecule has 0 radical (unpaired) electrons. The fourth-order valence-corrected chi connectivity index (χ4v) is 5.22. The number of hydrogen-bond donors (Lipinski definition) is 1. The Balaban J connectivity index is 1.35. The summed E-state index contributed by atoms with van der Waals surface area (Å²) < 4.78 is 3.37. The fourth-order valence-electron chi connectivity index (χ4n) is 4.76. The van der Waals surface area contributed by atoms with Gasteiger partial charge in [-0.15, -0.1) is 5.10 Å². The second kappa shape index (κ2) is 8.44. The normalized spacial score (nSPS) is 17.1. The van der Waals surface area contributed by atoms with Crippen molar-refractivity contribution in [3.63, 3.8) is 0 Å². The van der Waals surface area contributed by atoms with Gasteiger partial charge < -0.3 is 10.3 Å². The van der Waals surface area contributed by atoms with Gasteiger partial charge in [0.05, 0.1) is 11.7 Å². The van der Waals surface area contributed by atoms with Gasteiger partial charge in [0.15, 0.2) is 0 Å². The maximum absolute atomic E-state index is 13.4. The molecule has 5 heterocycles. The van der Waals surface area contributed by atoms with Gasteiger partial charge in [-0.25, -0.2) is 9.98 Å². The standard InChI is InChI=1S/C24H18Cl2N8O/c25-15-2-4-20(33-12-29-31-32-33)17(9-15)14-7-16-3-5-21(34(16)23(35)8-14)19-10-18(24(26)30-19)13-1-6-22(27)28-11-13/h1-2,4,6-9,11-12,21H,3,5,10H2,(H2,27,28)/t21-/m0/s1. The first-order valence-corrected chi connectivity index (χ1v) is 11.7. The van der Waals surface area contributed by atoms with Crippen LogP contribution in [0.15, 0.2) is 69.9 Å². The Morgan fingerprint density at radius 3 is 2.71 bits per heavy atom. The molecule has 11 heteroatoms. The van der Waals surface area contributed by atoms with Gasteiger partial charge >= 0.3 is 0 Å². The number of rotatable bonds is 4. The molecule has 1 atom stereocenters. The number of benzene rings is 1. The molecule has 174 valence electrons. The van der Waals surface area contributed by atoms with Crippen LogP contribution < -0.4 is 11.3 Å². The van der Waals surface area contributed by atoms with Crippen LogP contribution in [0.4, 0.5) is 5.82 Å². The van der Waals surface area contributed by atoms with E-state index >= 15 is 0 Å². The number of aliphatic imine (C=N–C) groups is 1. The second-order valence-electron chi connectivity index (χ2n) is 8.43. The van der Waals surface area contributed by atoms with Crippen molar-refractivity contribution in [1.29, 1.82) is 0 Å². The van der Waals surface area contributed by atoms with Crippen LogP contribution in [0.3, 0.4) is 0 Å². The molecule has 0 amide bonds. The summed E-state index contributed by atoms with van der Waals surface area (Å²) in [5.41, 5.74) is 11.4. The van der Waals surface area contributed by atoms with Crippen LogP contribution in [0.25, 0.3) is 22.4 Å². The lowest BCUT2D eigenvalue weighted by Gasteiger charge is -2.17. The molecule has 9 nitrogen and oxygen atoms in total. The summed E-state index contributed by atoms with van der Waals surface area (Å²) in [7, 11) is 0. The number of aryl methyl sites for hydroxylation is 1. The van der Waals surface area contributed by atoms with Crippen molar-refractivity contribution < 1.29 is 0 Å². The summed E-state index contributed by atoms with van der Waals surface area (Å²) in [5.74, 6) is 0.444. The number of anilines is 1. The van der Waals surface area contributed by atoms with E-state index in [2.05, 4.69) is 25.5 Å². The first kappa shape index (κ1) is 21.7. The second-order valence-corrected chi connectivity index (χ2v) is 9.23. The molecule has 0 fully saturated rings. The molecule has 0 bridgehead atoms. The van der Waals surface area contributed by atoms with Gasteiger partial charge in [-0.2, -0.15) is 4.68 Å². The van der Waals surface area contributed by atoms with Crippen molar-refractivity contribution in [1.82, 2.24) is 29.8 Å². The van der Waals surface area contributed by atoms with Crippen LogP contribution in [-0.2, 0) is 6.42 Å². The summed E-state index contributed by atoms with van der Waals surface area (Å²) in [6.45, 7) is 0. The topological polar surface area (TPSA) is 117 Å². The average Bonchev–Trinajstić information content (AvgIpc) is 3.59. The first-order valence-electron chi connectivity index (χ1n) is 10.9. The maximum atomic E-state index is 13.4. The van der Waals surface area contributed by atoms with Crippen LogP contribution in [0.2, 0.25) is 5.02 Å². The van der Waals surface area contributed by atoms with E-state index < -0.39 is 0 Å². The Labute approximate surface area is 209 Å². The van der Waals surface area contributed by atoms with Crippen molar-refractivity contribution in [3.8, 4) is 16.8 Å². The Morgan fingerprint density at radius 1 is 1.06 bits per heavy atom. The number of aromatic nitrogens is 6. The third-order valence-electron chi connectivity index (χ3n) is 6.37. The Kier molecular flexibility index (Phi) is 5.23. The monoisotopic (exact) mass is 504 g/mol. The minimum Gasteiger partial charge on any atom is -0.384 e. The SMILES string of the molecule is Nc1ccc(C2=C(Cl)N=C([C@@H]3CCc4cc(-c5cc(Cl)ccc5-n5cnnn5)cc(=O)n43)C2)cn1. The summed E-state index contributed by atoms with van der Waals surface area (Å²) in [4.78, 5) is 22.2. The van der Waals surface area contributed by atoms with Crippen molar-refractivity contribution in [2.24, 2.45) is 4.99 Å². The van der Waals surface area contributed by atoms with Gasteiger partial charge in [0.25, 0.3) is 5.56 Å². The van der Waals surface area contributed by atoms with E-state index in [0.717, 1.165) is 52.2 Å². The smallest absolute Gasteiger partial charge is 0.251 e. The zero-order chi connectivity index (χ0) is 24.1. The van der Waals surface area contributed by atoms with E-state index in [4.69, 9.17) is 28.9 Å². The maximum Gasteiger partial charge on any atom is 0.251 e. The zero-order valence-corrected chi connectivity index (χ0v) is 19.8. The number of fused-ring (bicyclic) bond motifs is 1. The van der Waals surface area contributed by atoms with E-state index in [1.54, 1.807) is 29.1 Å². The molecular formula is C24H18Cl2N8O. The van der Waals surface area contributed by atoms with Crippen LogP contribution in [0.5, 0.6) is 0 Å². The zero-order valence-electron chi connectivity index (χ0n) is 18.3. The number of nitrogen functional groups attached to an aromatic ring is 1. The van der Waals surface area contributed by atoms with Gasteiger partial charge in [0.1, 0.15) is 17.3 Å². The van der Waals surface area contributed by atoms with Gasteiger partial charge in [-0.05, 0) is 70.8 Å². The first-order chi connectivity index (χ1) is 17.0. The number of allylic oxidation sites excluding steroid dienone is 1. The molecule has 6 rings (SSSR count). The molecule has 4 aromatic rings. The largest absolute Gasteiger partial charge is 0.384 e. The predicted octanol–water partition coefficient (Wildman–Crippen LogP) is 4.06. The number of halogens is 2. The number of pyridine rings is 2. The predicted molar refractivity (Wildman–Crippen MR) is 135 cm³/mol. The quantitative estimate of drug-likeness (QED) is 0.418. The minimum atomic E-state index is -0.155. The van der Waals surface area contributed by atoms with Crippen molar-refractivity contribution >= 4 is 40.3 Å². The minimum absolute atomic E-state index is 0.107. The molecule has 1 aromatic carbocycles. The summed E-state index contributed by atoms with van der Waals surface area (Å²) in [6.07, 6.45) is 5.26. The van der Waals surface area contributed by atoms with Crippen molar-refractivity contribution in [2.75, 3.05) is 5.73 Å². The molecular weight excluding hydrogens is 487 g/mol. The molecule has 0 aliphatic carbocycles. The summed E-state index contributed by atoms with van der Waals surface area (Å²) in [5, 5.41) is 12.4. The number of nitrogens with zero attached hydrogens (tertiary/aromatic N) is 7. The van der Waals surface area contributed by atoms with Crippen molar-refractivity contribution in [2.45, 2.75) is 25.3 Å². The fraction of sp³-hybridized carbons (Fsp3) is 0.167. The molecule has 2 aliphatic heterocycles. The van der Waals surface area contributed by atoms with Crippen LogP contribution in [0.1, 0.15) is 30.1 Å². The number of tetrazole rings is 1. The van der Waals surface area contributed by atoms with Crippen molar-refractivity contribution in [3.05, 3.63) is 86.8 Å². The molecule has 2 aliphatic rings. The van der Waals surface area contributed by atoms with E-state index in [1.807, 2.05) is 28.8 Å². The number of hydrogen-bond acceptors (Lipinski definition) is 7. The Hall–Kier alpha value is -3.82. The van der Waals surface area contributed by atoms with Crippen LogP contribution >= 0.6 is 23.2 Å². The molecule has 2 N–H and O–H groups in total. The Morgan fingerprint density at radius 2 is 1.94 bits per heavy atom. The average molecular weight is 505 g/mol. The van der Waals surface area contributed by atoms with E-state index in [-0.39, 0.29) is 11.6 Å². The lowest BCUT2D eigenvalue weighted by molar-refractivity contribution is 0.651. The van der Waals surface area contributed by atoms with Crippen LogP contribution in [-0.4, -0.2) is 35.5 Å².